The van der Waals surface area contributed by atoms with Crippen LogP contribution in [0.5, 0.6) is 0 Å². The molecule has 0 heterocycles. The molecule has 0 N–H and O–H groups in total. The molecule has 0 rings (SSSR count). The molecule has 0 bridgehead atoms. The molecule has 0 radical (unpaired) electrons. The molecule has 1 nitrogen and oxygen atoms in total. The van der Waals surface area contributed by atoms with E-state index in [0.717, 1.165) is 25.7 Å². The Kier molecular flexibility index (Phi) is 35.4. The van der Waals surface area contributed by atoms with Gasteiger partial charge in [0.15, 0.2) is 0 Å². The van der Waals surface area contributed by atoms with Crippen LogP contribution < -0.4 is 0 Å². The van der Waals surface area contributed by atoms with Crippen molar-refractivity contribution in [2.24, 2.45) is 0 Å². The maximum absolute atomic E-state index is 12.1. The Morgan fingerprint density at radius 2 is 0.550 bits per heavy atom. The summed E-state index contributed by atoms with van der Waals surface area (Å²) in [5.74, 6) is 0.507. The lowest BCUT2D eigenvalue weighted by atomic mass is 10.0. The lowest BCUT2D eigenvalue weighted by molar-refractivity contribution is -0.119. The number of unbranched alkanes of at least 4 members (excludes halogenated alkanes) is 26. The molecule has 0 spiro atoms. The second-order valence-electron chi connectivity index (χ2n) is 12.6. The fourth-order valence-corrected chi connectivity index (χ4v) is 5.62. The summed E-state index contributed by atoms with van der Waals surface area (Å²) in [5, 5.41) is 0. The van der Waals surface area contributed by atoms with Crippen LogP contribution in [0.2, 0.25) is 0 Å². The summed E-state index contributed by atoms with van der Waals surface area (Å²) >= 11 is 0. The summed E-state index contributed by atoms with van der Waals surface area (Å²) in [6, 6.07) is 0. The van der Waals surface area contributed by atoms with E-state index >= 15 is 0 Å². The highest BCUT2D eigenvalue weighted by atomic mass is 16.1. The zero-order chi connectivity index (χ0) is 29.0. The van der Waals surface area contributed by atoms with Gasteiger partial charge in [0.1, 0.15) is 5.78 Å². The number of Topliss-reactive ketones (excluding diaryl/α,β-unsaturated/α-hetero) is 1. The largest absolute Gasteiger partial charge is 0.300 e. The Balaban J connectivity index is 3.24. The average molecular weight is 559 g/mol. The Labute approximate surface area is 253 Å². The van der Waals surface area contributed by atoms with Gasteiger partial charge in [0.25, 0.3) is 0 Å². The van der Waals surface area contributed by atoms with Crippen LogP contribution in [-0.2, 0) is 4.79 Å². The summed E-state index contributed by atoms with van der Waals surface area (Å²) in [7, 11) is 0. The van der Waals surface area contributed by atoms with Crippen molar-refractivity contribution in [3.05, 3.63) is 24.3 Å². The highest BCUT2D eigenvalue weighted by Gasteiger charge is 2.02. The predicted molar refractivity (Wildman–Crippen MR) is 182 cm³/mol. The van der Waals surface area contributed by atoms with Gasteiger partial charge in [0, 0.05) is 12.8 Å². The van der Waals surface area contributed by atoms with Gasteiger partial charge >= 0.3 is 0 Å². The van der Waals surface area contributed by atoms with Gasteiger partial charge in [-0.3, -0.25) is 4.79 Å². The van der Waals surface area contributed by atoms with Crippen molar-refractivity contribution in [1.82, 2.24) is 0 Å². The minimum atomic E-state index is 0.507. The zero-order valence-electron chi connectivity index (χ0n) is 27.8. The number of carbonyl (C=O) groups is 1. The third kappa shape index (κ3) is 35.2. The molecule has 0 unspecified atom stereocenters. The average Bonchev–Trinajstić information content (AvgIpc) is 2.96. The first kappa shape index (κ1) is 39.1. The number of carbonyl (C=O) groups excluding carboxylic acids is 1. The summed E-state index contributed by atoms with van der Waals surface area (Å²) < 4.78 is 0. The minimum Gasteiger partial charge on any atom is -0.300 e. The van der Waals surface area contributed by atoms with Gasteiger partial charge in [0.2, 0.25) is 0 Å². The van der Waals surface area contributed by atoms with E-state index in [-0.39, 0.29) is 0 Å². The van der Waals surface area contributed by atoms with E-state index < -0.39 is 0 Å². The van der Waals surface area contributed by atoms with Gasteiger partial charge in [-0.15, -0.1) is 0 Å². The molecule has 1 heteroatoms. The Morgan fingerprint density at radius 1 is 0.325 bits per heavy atom. The molecule has 0 aromatic heterocycles. The summed E-state index contributed by atoms with van der Waals surface area (Å²) in [4.78, 5) is 12.1. The second-order valence-corrected chi connectivity index (χ2v) is 12.6. The summed E-state index contributed by atoms with van der Waals surface area (Å²) in [6.45, 7) is 4.58. The fourth-order valence-electron chi connectivity index (χ4n) is 5.62. The predicted octanol–water partition coefficient (Wildman–Crippen LogP) is 14.2. The number of ketones is 1. The van der Waals surface area contributed by atoms with E-state index in [1.54, 1.807) is 0 Å². The number of rotatable bonds is 34. The first-order chi connectivity index (χ1) is 19.8. The molecule has 0 aliphatic rings. The first-order valence-electron chi connectivity index (χ1n) is 18.6. The van der Waals surface area contributed by atoms with E-state index in [1.807, 2.05) is 0 Å². The van der Waals surface area contributed by atoms with Crippen LogP contribution in [0.1, 0.15) is 219 Å². The molecule has 0 aliphatic carbocycles. The number of hydrogen-bond donors (Lipinski definition) is 0. The zero-order valence-corrected chi connectivity index (χ0v) is 27.8. The maximum atomic E-state index is 12.1. The van der Waals surface area contributed by atoms with Crippen molar-refractivity contribution in [2.75, 3.05) is 0 Å². The lowest BCUT2D eigenvalue weighted by Crippen LogP contribution is -1.97. The van der Waals surface area contributed by atoms with E-state index in [9.17, 15) is 4.79 Å². The van der Waals surface area contributed by atoms with Crippen LogP contribution in [0.25, 0.3) is 0 Å². The van der Waals surface area contributed by atoms with Crippen LogP contribution in [0.15, 0.2) is 24.3 Å². The molecule has 0 atom stereocenters. The Morgan fingerprint density at radius 3 is 0.825 bits per heavy atom. The Bertz CT molecular complexity index is 485. The van der Waals surface area contributed by atoms with Crippen LogP contribution in [0, 0.1) is 0 Å². The van der Waals surface area contributed by atoms with Crippen molar-refractivity contribution >= 4 is 5.78 Å². The Hall–Kier alpha value is -0.850. The lowest BCUT2D eigenvalue weighted by Gasteiger charge is -2.03. The van der Waals surface area contributed by atoms with Gasteiger partial charge in [-0.1, -0.05) is 167 Å². The molecular weight excluding hydrogens is 484 g/mol. The van der Waals surface area contributed by atoms with Crippen LogP contribution in [-0.4, -0.2) is 5.78 Å². The van der Waals surface area contributed by atoms with Gasteiger partial charge in [-0.2, -0.15) is 0 Å². The standard InChI is InChI=1S/C39H74O/c1-3-5-7-9-11-13-15-17-19-21-23-25-27-29-31-33-35-37-39(40)38-36-34-32-30-28-26-24-22-20-18-16-14-12-10-8-6-4-2/h21-24H,3-20,25-38H2,1-2H3/b23-21+,24-22+. The number of allylic oxidation sites excluding steroid dienone is 4. The van der Waals surface area contributed by atoms with Crippen molar-refractivity contribution in [3.8, 4) is 0 Å². The smallest absolute Gasteiger partial charge is 0.132 e. The first-order valence-corrected chi connectivity index (χ1v) is 18.6. The van der Waals surface area contributed by atoms with Crippen LogP contribution in [0.4, 0.5) is 0 Å². The summed E-state index contributed by atoms with van der Waals surface area (Å²) in [5.41, 5.74) is 0. The van der Waals surface area contributed by atoms with Crippen molar-refractivity contribution in [3.63, 3.8) is 0 Å². The molecule has 0 aliphatic heterocycles. The third-order valence-electron chi connectivity index (χ3n) is 8.43. The minimum absolute atomic E-state index is 0.507. The van der Waals surface area contributed by atoms with Gasteiger partial charge in [-0.25, -0.2) is 0 Å². The summed E-state index contributed by atoms with van der Waals surface area (Å²) in [6.07, 6.45) is 51.4. The van der Waals surface area contributed by atoms with Gasteiger partial charge in [0.05, 0.1) is 0 Å². The third-order valence-corrected chi connectivity index (χ3v) is 8.43. The molecule has 0 aromatic carbocycles. The molecule has 0 saturated heterocycles. The molecule has 0 fully saturated rings. The second kappa shape index (κ2) is 36.2. The fraction of sp³-hybridized carbons (Fsp3) is 0.872. The maximum Gasteiger partial charge on any atom is 0.132 e. The number of hydrogen-bond acceptors (Lipinski definition) is 1. The van der Waals surface area contributed by atoms with E-state index in [2.05, 4.69) is 38.2 Å². The van der Waals surface area contributed by atoms with Crippen molar-refractivity contribution < 1.29 is 4.79 Å². The molecule has 0 saturated carbocycles. The topological polar surface area (TPSA) is 17.1 Å². The van der Waals surface area contributed by atoms with Gasteiger partial charge in [-0.05, 0) is 64.2 Å². The highest BCUT2D eigenvalue weighted by Crippen LogP contribution is 2.14. The molecule has 0 amide bonds. The normalized spacial score (nSPS) is 11.8. The SMILES string of the molecule is CCCCCCCCCC/C=C/CCCCCCCC(=O)CCCCCCC/C=C/CCCCCCCCCC. The molecule has 40 heavy (non-hydrogen) atoms. The van der Waals surface area contributed by atoms with Crippen LogP contribution >= 0.6 is 0 Å². The van der Waals surface area contributed by atoms with E-state index in [1.165, 1.54) is 180 Å². The van der Waals surface area contributed by atoms with Crippen molar-refractivity contribution in [2.45, 2.75) is 219 Å². The van der Waals surface area contributed by atoms with E-state index in [4.69, 9.17) is 0 Å². The molecule has 236 valence electrons. The molecular formula is C39H74O. The van der Waals surface area contributed by atoms with Crippen molar-refractivity contribution in [1.29, 1.82) is 0 Å². The van der Waals surface area contributed by atoms with Gasteiger partial charge < -0.3 is 0 Å². The monoisotopic (exact) mass is 559 g/mol. The molecule has 0 aromatic rings. The van der Waals surface area contributed by atoms with E-state index in [0.29, 0.717) is 5.78 Å². The van der Waals surface area contributed by atoms with Crippen LogP contribution in [0.3, 0.4) is 0 Å². The highest BCUT2D eigenvalue weighted by molar-refractivity contribution is 5.78. The quantitative estimate of drug-likeness (QED) is 0.0567.